The smallest absolute Gasteiger partial charge is 0.135 e. The molecule has 8 aromatic carbocycles. The van der Waals surface area contributed by atoms with Crippen molar-refractivity contribution in [2.24, 2.45) is 0 Å². The summed E-state index contributed by atoms with van der Waals surface area (Å²) < 4.78 is 8.80. The molecule has 0 spiro atoms. The number of rotatable bonds is 3. The minimum Gasteiger partial charge on any atom is -0.456 e. The highest BCUT2D eigenvalue weighted by atomic mass is 16.5. The monoisotopic (exact) mass is 585 g/mol. The third kappa shape index (κ3) is 3.65. The fourth-order valence-corrected chi connectivity index (χ4v) is 7.54. The van der Waals surface area contributed by atoms with Crippen molar-refractivity contribution in [3.8, 4) is 50.6 Å². The van der Waals surface area contributed by atoms with Crippen molar-refractivity contribution in [1.82, 2.24) is 4.57 Å². The van der Waals surface area contributed by atoms with Crippen molar-refractivity contribution in [2.75, 3.05) is 0 Å². The van der Waals surface area contributed by atoms with Crippen molar-refractivity contribution >= 4 is 43.4 Å². The molecule has 0 fully saturated rings. The third-order valence-electron chi connectivity index (χ3n) is 9.56. The van der Waals surface area contributed by atoms with Crippen molar-refractivity contribution in [3.63, 3.8) is 0 Å². The number of aromatic nitrogens is 1. The Hall–Kier alpha value is -6.12. The van der Waals surface area contributed by atoms with E-state index in [9.17, 15) is 0 Å². The minimum absolute atomic E-state index is 0.910. The van der Waals surface area contributed by atoms with E-state index >= 15 is 0 Å². The van der Waals surface area contributed by atoms with Gasteiger partial charge in [-0.1, -0.05) is 115 Å². The van der Waals surface area contributed by atoms with Gasteiger partial charge in [0.05, 0.1) is 11.0 Å². The lowest BCUT2D eigenvalue weighted by Gasteiger charge is -2.22. The van der Waals surface area contributed by atoms with Crippen LogP contribution in [0.2, 0.25) is 0 Å². The van der Waals surface area contributed by atoms with E-state index < -0.39 is 0 Å². The van der Waals surface area contributed by atoms with Gasteiger partial charge < -0.3 is 9.30 Å². The van der Waals surface area contributed by atoms with E-state index in [-0.39, 0.29) is 0 Å². The summed E-state index contributed by atoms with van der Waals surface area (Å²) in [5.74, 6) is 1.82. The average molecular weight is 586 g/mol. The van der Waals surface area contributed by atoms with Gasteiger partial charge in [-0.05, 0) is 92.5 Å². The summed E-state index contributed by atoms with van der Waals surface area (Å²) in [5.41, 5.74) is 10.8. The molecule has 0 atom stereocenters. The van der Waals surface area contributed by atoms with Crippen LogP contribution in [0.4, 0.5) is 0 Å². The number of ether oxygens (including phenoxy) is 1. The number of para-hydroxylation sites is 2. The fraction of sp³-hybridized carbons (Fsp3) is 0. The van der Waals surface area contributed by atoms with Gasteiger partial charge in [-0.2, -0.15) is 0 Å². The largest absolute Gasteiger partial charge is 0.456 e. The molecule has 2 heteroatoms. The van der Waals surface area contributed by atoms with Gasteiger partial charge in [0.15, 0.2) is 0 Å². The first kappa shape index (κ1) is 25.2. The van der Waals surface area contributed by atoms with Gasteiger partial charge in [-0.25, -0.2) is 0 Å². The van der Waals surface area contributed by atoms with Crippen LogP contribution in [0, 0.1) is 0 Å². The Morgan fingerprint density at radius 1 is 0.370 bits per heavy atom. The summed E-state index contributed by atoms with van der Waals surface area (Å²) in [7, 11) is 0. The van der Waals surface area contributed by atoms with Crippen molar-refractivity contribution in [2.45, 2.75) is 0 Å². The first-order valence-electron chi connectivity index (χ1n) is 15.8. The molecule has 9 aromatic rings. The highest BCUT2D eigenvalue weighted by molar-refractivity contribution is 6.19. The number of hydrogen-bond acceptors (Lipinski definition) is 1. The Morgan fingerprint density at radius 2 is 1.07 bits per heavy atom. The Bertz CT molecular complexity index is 2660. The van der Waals surface area contributed by atoms with E-state index in [1.807, 2.05) is 12.1 Å². The molecule has 0 bridgehead atoms. The third-order valence-corrected chi connectivity index (χ3v) is 9.56. The van der Waals surface area contributed by atoms with Gasteiger partial charge >= 0.3 is 0 Å². The molecule has 1 aliphatic rings. The van der Waals surface area contributed by atoms with E-state index in [2.05, 4.69) is 156 Å². The minimum atomic E-state index is 0.910. The van der Waals surface area contributed by atoms with E-state index in [4.69, 9.17) is 4.74 Å². The highest BCUT2D eigenvalue weighted by Gasteiger charge is 2.22. The predicted octanol–water partition coefficient (Wildman–Crippen LogP) is 12.2. The van der Waals surface area contributed by atoms with Gasteiger partial charge in [0, 0.05) is 27.4 Å². The summed E-state index contributed by atoms with van der Waals surface area (Å²) in [4.78, 5) is 0. The number of nitrogens with zero attached hydrogens (tertiary/aromatic N) is 1. The quantitative estimate of drug-likeness (QED) is 0.201. The molecule has 2 nitrogen and oxygen atoms in total. The Morgan fingerprint density at radius 3 is 1.96 bits per heavy atom. The summed E-state index contributed by atoms with van der Waals surface area (Å²) in [5, 5.41) is 7.39. The van der Waals surface area contributed by atoms with E-state index in [0.717, 1.165) is 22.7 Å². The molecule has 0 amide bonds. The molecule has 0 saturated carbocycles. The maximum Gasteiger partial charge on any atom is 0.135 e. The van der Waals surface area contributed by atoms with Crippen LogP contribution in [0.15, 0.2) is 164 Å². The molecule has 1 aromatic heterocycles. The SMILES string of the molecule is c1ccc(-n2c3cc4ccccc4cc3c3c(-c4cccc(-c5ccc6c7c(cccc57)-c5ccccc5O6)c4)cccc32)cc1. The standard InChI is InChI=1S/C44H27NO/c1-2-15-32(16-3-1)45-39-21-10-18-34(43(39)38-26-28-11-4-5-12-29(28)27-40(38)45)31-14-8-13-30(25-31)33-23-24-42-44-36(33)19-9-20-37(44)35-17-6-7-22-41(35)46-42/h1-27H. The van der Waals surface area contributed by atoms with E-state index in [1.54, 1.807) is 0 Å². The van der Waals surface area contributed by atoms with Gasteiger partial charge in [0.25, 0.3) is 0 Å². The van der Waals surface area contributed by atoms with Crippen LogP contribution in [-0.2, 0) is 0 Å². The molecule has 0 N–H and O–H groups in total. The van der Waals surface area contributed by atoms with E-state index in [0.29, 0.717) is 0 Å². The van der Waals surface area contributed by atoms with Gasteiger partial charge in [0.1, 0.15) is 11.5 Å². The molecule has 0 radical (unpaired) electrons. The van der Waals surface area contributed by atoms with Crippen LogP contribution in [0.25, 0.3) is 82.4 Å². The second-order valence-corrected chi connectivity index (χ2v) is 12.1. The van der Waals surface area contributed by atoms with Crippen LogP contribution in [0.3, 0.4) is 0 Å². The maximum absolute atomic E-state index is 6.39. The van der Waals surface area contributed by atoms with Crippen molar-refractivity contribution < 1.29 is 4.74 Å². The molecule has 1 aliphatic heterocycles. The predicted molar refractivity (Wildman–Crippen MR) is 192 cm³/mol. The topological polar surface area (TPSA) is 14.2 Å². The normalized spacial score (nSPS) is 12.1. The zero-order valence-electron chi connectivity index (χ0n) is 24.9. The van der Waals surface area contributed by atoms with Gasteiger partial charge in [0.2, 0.25) is 0 Å². The molecule has 46 heavy (non-hydrogen) atoms. The summed E-state index contributed by atoms with van der Waals surface area (Å²) >= 11 is 0. The lowest BCUT2D eigenvalue weighted by atomic mass is 9.89. The van der Waals surface area contributed by atoms with Crippen molar-refractivity contribution in [1.29, 1.82) is 0 Å². The van der Waals surface area contributed by atoms with E-state index in [1.165, 1.54) is 71.2 Å². The average Bonchev–Trinajstić information content (AvgIpc) is 3.44. The zero-order chi connectivity index (χ0) is 30.2. The second kappa shape index (κ2) is 9.69. The Balaban J connectivity index is 1.22. The van der Waals surface area contributed by atoms with Gasteiger partial charge in [-0.3, -0.25) is 0 Å². The first-order valence-corrected chi connectivity index (χ1v) is 15.8. The van der Waals surface area contributed by atoms with Crippen molar-refractivity contribution in [3.05, 3.63) is 164 Å². The zero-order valence-corrected chi connectivity index (χ0v) is 24.9. The molecule has 0 aliphatic carbocycles. The number of fused-ring (bicyclic) bond motifs is 6. The van der Waals surface area contributed by atoms with Crippen LogP contribution in [-0.4, -0.2) is 4.57 Å². The lowest BCUT2D eigenvalue weighted by molar-refractivity contribution is 0.487. The molecule has 0 unspecified atom stereocenters. The van der Waals surface area contributed by atoms with Crippen LogP contribution in [0.5, 0.6) is 11.5 Å². The van der Waals surface area contributed by atoms with Crippen LogP contribution in [0.1, 0.15) is 0 Å². The van der Waals surface area contributed by atoms with Crippen LogP contribution >= 0.6 is 0 Å². The molecule has 0 saturated heterocycles. The molecule has 214 valence electrons. The molecule has 10 rings (SSSR count). The fourth-order valence-electron chi connectivity index (χ4n) is 7.54. The Kier molecular flexibility index (Phi) is 5.31. The Labute approximate surface area is 266 Å². The van der Waals surface area contributed by atoms with Crippen LogP contribution < -0.4 is 4.74 Å². The molecular formula is C44H27NO. The number of hydrogen-bond donors (Lipinski definition) is 0. The maximum atomic E-state index is 6.39. The highest BCUT2D eigenvalue weighted by Crippen LogP contribution is 2.49. The lowest BCUT2D eigenvalue weighted by Crippen LogP contribution is -1.97. The number of benzene rings is 8. The first-order chi connectivity index (χ1) is 22.8. The molecule has 2 heterocycles. The summed E-state index contributed by atoms with van der Waals surface area (Å²) in [6.07, 6.45) is 0. The summed E-state index contributed by atoms with van der Waals surface area (Å²) in [6.45, 7) is 0. The second-order valence-electron chi connectivity index (χ2n) is 12.1. The van der Waals surface area contributed by atoms with Gasteiger partial charge in [-0.15, -0.1) is 0 Å². The summed E-state index contributed by atoms with van der Waals surface area (Å²) in [6, 6.07) is 59.1. The molecular weight excluding hydrogens is 558 g/mol.